The maximum atomic E-state index is 12.7. The van der Waals surface area contributed by atoms with Crippen LogP contribution < -0.4 is 0 Å². The highest BCUT2D eigenvalue weighted by atomic mass is 32.2. The van der Waals surface area contributed by atoms with E-state index in [1.165, 1.54) is 0 Å². The van der Waals surface area contributed by atoms with E-state index in [4.69, 9.17) is 0 Å². The van der Waals surface area contributed by atoms with Gasteiger partial charge in [-0.25, -0.2) is 8.42 Å². The van der Waals surface area contributed by atoms with E-state index in [-0.39, 0.29) is 23.5 Å². The van der Waals surface area contributed by atoms with Crippen molar-refractivity contribution in [1.82, 2.24) is 9.88 Å². The zero-order chi connectivity index (χ0) is 17.2. The summed E-state index contributed by atoms with van der Waals surface area (Å²) >= 11 is 0. The Bertz CT molecular complexity index is 834. The Labute approximate surface area is 142 Å². The lowest BCUT2D eigenvalue weighted by Crippen LogP contribution is -2.37. The Morgan fingerprint density at radius 2 is 2.00 bits per heavy atom. The third-order valence-electron chi connectivity index (χ3n) is 4.37. The molecule has 0 unspecified atom stereocenters. The largest absolute Gasteiger partial charge is 0.338 e. The van der Waals surface area contributed by atoms with E-state index in [1.54, 1.807) is 30.3 Å². The van der Waals surface area contributed by atoms with Gasteiger partial charge in [-0.3, -0.25) is 9.78 Å². The van der Waals surface area contributed by atoms with Crippen LogP contribution in [0.2, 0.25) is 0 Å². The van der Waals surface area contributed by atoms with Crippen molar-refractivity contribution in [3.8, 4) is 0 Å². The van der Waals surface area contributed by atoms with E-state index in [0.717, 1.165) is 11.3 Å². The molecule has 0 bridgehead atoms. The van der Waals surface area contributed by atoms with Crippen molar-refractivity contribution in [3.63, 3.8) is 0 Å². The minimum Gasteiger partial charge on any atom is -0.338 e. The third kappa shape index (κ3) is 3.82. The van der Waals surface area contributed by atoms with Crippen molar-refractivity contribution in [3.05, 3.63) is 65.5 Å². The van der Waals surface area contributed by atoms with Crippen LogP contribution in [0.3, 0.4) is 0 Å². The lowest BCUT2D eigenvalue weighted by atomic mass is 10.1. The topological polar surface area (TPSA) is 67.3 Å². The number of pyridine rings is 1. The van der Waals surface area contributed by atoms with Gasteiger partial charge in [-0.15, -0.1) is 0 Å². The van der Waals surface area contributed by atoms with Gasteiger partial charge in [0, 0.05) is 37.0 Å². The number of sulfone groups is 1. The summed E-state index contributed by atoms with van der Waals surface area (Å²) in [5, 5.41) is 0. The molecular formula is C18H20N2O3S. The number of carbonyl (C=O) groups excluding carboxylic acids is 1. The molecule has 0 aliphatic carbocycles. The van der Waals surface area contributed by atoms with Crippen molar-refractivity contribution >= 4 is 15.7 Å². The zero-order valence-electron chi connectivity index (χ0n) is 13.6. The number of carbonyl (C=O) groups is 1. The van der Waals surface area contributed by atoms with E-state index in [1.807, 2.05) is 30.3 Å². The van der Waals surface area contributed by atoms with Gasteiger partial charge in [0.1, 0.15) is 0 Å². The fraction of sp³-hybridized carbons (Fsp3) is 0.333. The smallest absolute Gasteiger partial charge is 0.253 e. The van der Waals surface area contributed by atoms with Crippen molar-refractivity contribution in [2.45, 2.75) is 18.9 Å². The predicted molar refractivity (Wildman–Crippen MR) is 92.6 cm³/mol. The van der Waals surface area contributed by atoms with E-state index < -0.39 is 9.84 Å². The molecule has 0 N–H and O–H groups in total. The van der Waals surface area contributed by atoms with Crippen LogP contribution in [0, 0.1) is 0 Å². The maximum Gasteiger partial charge on any atom is 0.253 e. The molecule has 1 aromatic carbocycles. The molecule has 2 aromatic rings. The first kappa shape index (κ1) is 16.6. The molecule has 2 heterocycles. The molecular weight excluding hydrogens is 324 g/mol. The van der Waals surface area contributed by atoms with Crippen molar-refractivity contribution in [2.75, 3.05) is 18.6 Å². The summed E-state index contributed by atoms with van der Waals surface area (Å²) in [5.41, 5.74) is 2.49. The van der Waals surface area contributed by atoms with Crippen LogP contribution in [0.25, 0.3) is 0 Å². The van der Waals surface area contributed by atoms with Crippen LogP contribution in [0.1, 0.15) is 28.0 Å². The van der Waals surface area contributed by atoms with Gasteiger partial charge in [-0.1, -0.05) is 30.3 Å². The Kier molecular flexibility index (Phi) is 4.66. The summed E-state index contributed by atoms with van der Waals surface area (Å²) in [6.45, 7) is 0. The van der Waals surface area contributed by atoms with Gasteiger partial charge >= 0.3 is 0 Å². The number of amides is 1. The number of nitrogens with zero attached hydrogens (tertiary/aromatic N) is 2. The first-order valence-corrected chi connectivity index (χ1v) is 9.73. The first-order chi connectivity index (χ1) is 11.4. The minimum atomic E-state index is -3.01. The molecule has 1 saturated heterocycles. The van der Waals surface area contributed by atoms with Crippen LogP contribution in [-0.2, 0) is 16.3 Å². The Balaban J connectivity index is 1.74. The van der Waals surface area contributed by atoms with E-state index >= 15 is 0 Å². The average Bonchev–Trinajstić information content (AvgIpc) is 2.95. The number of aromatic nitrogens is 1. The van der Waals surface area contributed by atoms with E-state index in [0.29, 0.717) is 18.4 Å². The monoisotopic (exact) mass is 344 g/mol. The summed E-state index contributed by atoms with van der Waals surface area (Å²) in [7, 11) is -1.34. The number of hydrogen-bond donors (Lipinski definition) is 0. The molecule has 1 aliphatic heterocycles. The van der Waals surface area contributed by atoms with E-state index in [9.17, 15) is 13.2 Å². The summed E-state index contributed by atoms with van der Waals surface area (Å²) < 4.78 is 23.2. The van der Waals surface area contributed by atoms with Crippen LogP contribution in [0.4, 0.5) is 0 Å². The maximum absolute atomic E-state index is 12.7. The molecule has 0 spiro atoms. The molecule has 1 aliphatic rings. The highest BCUT2D eigenvalue weighted by Gasteiger charge is 2.33. The molecule has 1 fully saturated rings. The second kappa shape index (κ2) is 6.73. The molecule has 1 amide bonds. The highest BCUT2D eigenvalue weighted by Crippen LogP contribution is 2.19. The van der Waals surface area contributed by atoms with Crippen molar-refractivity contribution in [2.24, 2.45) is 0 Å². The summed E-state index contributed by atoms with van der Waals surface area (Å²) in [4.78, 5) is 18.5. The molecule has 3 rings (SSSR count). The molecule has 24 heavy (non-hydrogen) atoms. The minimum absolute atomic E-state index is 0.0528. The van der Waals surface area contributed by atoms with Crippen LogP contribution >= 0.6 is 0 Å². The molecule has 0 saturated carbocycles. The standard InChI is InChI=1S/C18H20N2O3S/c1-20(17-8-10-24(22,23)13-17)18(21)15-7-9-19-16(12-15)11-14-5-3-2-4-6-14/h2-7,9,12,17H,8,10-11,13H2,1H3/t17-/m0/s1. The summed E-state index contributed by atoms with van der Waals surface area (Å²) in [6.07, 6.45) is 2.79. The Morgan fingerprint density at radius 3 is 2.67 bits per heavy atom. The fourth-order valence-electron chi connectivity index (χ4n) is 2.96. The van der Waals surface area contributed by atoms with Crippen molar-refractivity contribution in [1.29, 1.82) is 0 Å². The van der Waals surface area contributed by atoms with Gasteiger partial charge in [0.25, 0.3) is 5.91 Å². The normalized spacial score (nSPS) is 19.1. The van der Waals surface area contributed by atoms with Crippen LogP contribution in [0.15, 0.2) is 48.7 Å². The molecule has 0 radical (unpaired) electrons. The SMILES string of the molecule is CN(C(=O)c1ccnc(Cc2ccccc2)c1)[C@H]1CCS(=O)(=O)C1. The highest BCUT2D eigenvalue weighted by molar-refractivity contribution is 7.91. The van der Waals surface area contributed by atoms with Gasteiger partial charge < -0.3 is 4.90 Å². The number of rotatable bonds is 4. The van der Waals surface area contributed by atoms with Gasteiger partial charge in [0.2, 0.25) is 0 Å². The second-order valence-electron chi connectivity index (χ2n) is 6.17. The zero-order valence-corrected chi connectivity index (χ0v) is 14.4. The van der Waals surface area contributed by atoms with Gasteiger partial charge in [0.15, 0.2) is 9.84 Å². The summed E-state index contributed by atoms with van der Waals surface area (Å²) in [5.74, 6) is 0.0519. The van der Waals surface area contributed by atoms with Crippen molar-refractivity contribution < 1.29 is 13.2 Å². The van der Waals surface area contributed by atoms with Gasteiger partial charge in [-0.05, 0) is 24.1 Å². The molecule has 1 aromatic heterocycles. The second-order valence-corrected chi connectivity index (χ2v) is 8.40. The Hall–Kier alpha value is -2.21. The lowest BCUT2D eigenvalue weighted by Gasteiger charge is -2.23. The molecule has 1 atom stereocenters. The quantitative estimate of drug-likeness (QED) is 0.850. The molecule has 6 heteroatoms. The lowest BCUT2D eigenvalue weighted by molar-refractivity contribution is 0.0747. The van der Waals surface area contributed by atoms with Crippen LogP contribution in [0.5, 0.6) is 0 Å². The van der Waals surface area contributed by atoms with E-state index in [2.05, 4.69) is 4.98 Å². The number of benzene rings is 1. The van der Waals surface area contributed by atoms with Gasteiger partial charge in [0.05, 0.1) is 11.5 Å². The first-order valence-electron chi connectivity index (χ1n) is 7.91. The molecule has 5 nitrogen and oxygen atoms in total. The molecule has 126 valence electrons. The Morgan fingerprint density at radius 1 is 1.25 bits per heavy atom. The summed E-state index contributed by atoms with van der Waals surface area (Å²) in [6, 6.07) is 13.2. The van der Waals surface area contributed by atoms with Crippen LogP contribution in [-0.4, -0.2) is 48.8 Å². The average molecular weight is 344 g/mol. The predicted octanol–water partition coefficient (Wildman–Crippen LogP) is 1.93. The third-order valence-corrected chi connectivity index (χ3v) is 6.12. The van der Waals surface area contributed by atoms with Gasteiger partial charge in [-0.2, -0.15) is 0 Å². The fourth-order valence-corrected chi connectivity index (χ4v) is 4.74. The number of hydrogen-bond acceptors (Lipinski definition) is 4.